The minimum Gasteiger partial charge on any atom is -0.480 e. The van der Waals surface area contributed by atoms with Crippen LogP contribution < -0.4 is 0 Å². The maximum Gasteiger partial charge on any atom is 0.329 e. The summed E-state index contributed by atoms with van der Waals surface area (Å²) in [6, 6.07) is 4.75. The van der Waals surface area contributed by atoms with Gasteiger partial charge in [-0.3, -0.25) is 4.79 Å². The highest BCUT2D eigenvalue weighted by molar-refractivity contribution is 5.85. The summed E-state index contributed by atoms with van der Waals surface area (Å²) in [5, 5.41) is 9.19. The third-order valence-electron chi connectivity index (χ3n) is 3.19. The van der Waals surface area contributed by atoms with E-state index in [0.29, 0.717) is 6.42 Å². The molecule has 0 aliphatic carbocycles. The molecule has 0 bridgehead atoms. The van der Waals surface area contributed by atoms with Crippen molar-refractivity contribution in [2.75, 3.05) is 13.7 Å². The molecule has 0 spiro atoms. The van der Waals surface area contributed by atoms with E-state index < -0.39 is 18.1 Å². The molecule has 0 radical (unpaired) electrons. The summed E-state index contributed by atoms with van der Waals surface area (Å²) in [5.41, 5.74) is 0.764. The number of hydrogen-bond acceptors (Lipinski definition) is 3. The lowest BCUT2D eigenvalue weighted by atomic mass is 9.99. The molecular formula is C13H14FNO4. The highest BCUT2D eigenvalue weighted by Gasteiger charge is 2.39. The molecular weight excluding hydrogens is 253 g/mol. The third-order valence-corrected chi connectivity index (χ3v) is 3.19. The second-order valence-corrected chi connectivity index (χ2v) is 4.47. The van der Waals surface area contributed by atoms with Crippen molar-refractivity contribution in [2.45, 2.75) is 18.6 Å². The van der Waals surface area contributed by atoms with E-state index in [1.54, 1.807) is 12.1 Å². The lowest BCUT2D eigenvalue weighted by molar-refractivity contribution is -0.169. The summed E-state index contributed by atoms with van der Waals surface area (Å²) < 4.78 is 18.1. The number of carboxylic acid groups (broad SMARTS) is 1. The smallest absolute Gasteiger partial charge is 0.329 e. The molecule has 1 amide bonds. The number of rotatable bonds is 3. The zero-order valence-electron chi connectivity index (χ0n) is 10.4. The number of carbonyl (C=O) groups excluding carboxylic acids is 1. The van der Waals surface area contributed by atoms with Crippen molar-refractivity contribution < 1.29 is 23.8 Å². The fourth-order valence-electron chi connectivity index (χ4n) is 2.12. The van der Waals surface area contributed by atoms with Crippen molar-refractivity contribution in [3.8, 4) is 0 Å². The van der Waals surface area contributed by atoms with E-state index in [0.717, 1.165) is 5.56 Å². The largest absolute Gasteiger partial charge is 0.480 e. The molecule has 1 saturated heterocycles. The van der Waals surface area contributed by atoms with E-state index in [1.807, 2.05) is 0 Å². The van der Waals surface area contributed by atoms with Crippen molar-refractivity contribution in [1.82, 2.24) is 4.90 Å². The Balaban J connectivity index is 2.15. The monoisotopic (exact) mass is 267 g/mol. The van der Waals surface area contributed by atoms with Crippen LogP contribution in [0.25, 0.3) is 0 Å². The lowest BCUT2D eigenvalue weighted by Crippen LogP contribution is -2.57. The molecule has 19 heavy (non-hydrogen) atoms. The molecule has 2 unspecified atom stereocenters. The van der Waals surface area contributed by atoms with Gasteiger partial charge in [0.15, 0.2) is 6.04 Å². The lowest BCUT2D eigenvalue weighted by Gasteiger charge is -2.36. The van der Waals surface area contributed by atoms with Gasteiger partial charge in [0, 0.05) is 13.5 Å². The van der Waals surface area contributed by atoms with Gasteiger partial charge in [-0.1, -0.05) is 12.1 Å². The Morgan fingerprint density at radius 2 is 2.11 bits per heavy atom. The molecule has 2 rings (SSSR count). The van der Waals surface area contributed by atoms with E-state index in [9.17, 15) is 19.1 Å². The Morgan fingerprint density at radius 1 is 1.47 bits per heavy atom. The van der Waals surface area contributed by atoms with Crippen LogP contribution in [-0.2, 0) is 20.7 Å². The van der Waals surface area contributed by atoms with Crippen molar-refractivity contribution in [2.24, 2.45) is 0 Å². The number of ether oxygens (including phenoxy) is 1. The number of benzene rings is 1. The molecule has 5 nitrogen and oxygen atoms in total. The molecule has 102 valence electrons. The predicted octanol–water partition coefficient (Wildman–Crippen LogP) is 0.679. The van der Waals surface area contributed by atoms with E-state index in [2.05, 4.69) is 0 Å². The minimum atomic E-state index is -1.11. The molecule has 1 aliphatic heterocycles. The highest BCUT2D eigenvalue weighted by atomic mass is 19.1. The normalized spacial score (nSPS) is 23.5. The Hall–Kier alpha value is -1.95. The molecule has 1 aliphatic rings. The summed E-state index contributed by atoms with van der Waals surface area (Å²) >= 11 is 0. The number of amides is 1. The van der Waals surface area contributed by atoms with Gasteiger partial charge < -0.3 is 14.7 Å². The van der Waals surface area contributed by atoms with Crippen molar-refractivity contribution >= 4 is 11.9 Å². The predicted molar refractivity (Wildman–Crippen MR) is 64.0 cm³/mol. The maximum absolute atomic E-state index is 12.8. The van der Waals surface area contributed by atoms with Crippen LogP contribution in [0.5, 0.6) is 0 Å². The average molecular weight is 267 g/mol. The van der Waals surface area contributed by atoms with E-state index in [4.69, 9.17) is 4.74 Å². The van der Waals surface area contributed by atoms with Gasteiger partial charge in [0.25, 0.3) is 0 Å². The Kier molecular flexibility index (Phi) is 3.80. The van der Waals surface area contributed by atoms with Crippen molar-refractivity contribution in [1.29, 1.82) is 0 Å². The van der Waals surface area contributed by atoms with Gasteiger partial charge in [-0.25, -0.2) is 9.18 Å². The van der Waals surface area contributed by atoms with Crippen LogP contribution in [0.15, 0.2) is 24.3 Å². The van der Waals surface area contributed by atoms with Gasteiger partial charge in [-0.2, -0.15) is 0 Å². The van der Waals surface area contributed by atoms with Crippen LogP contribution in [0.4, 0.5) is 4.39 Å². The molecule has 1 N–H and O–H groups in total. The third kappa shape index (κ3) is 2.90. The molecule has 2 atom stereocenters. The van der Waals surface area contributed by atoms with Crippen LogP contribution in [0, 0.1) is 5.82 Å². The zero-order valence-corrected chi connectivity index (χ0v) is 10.4. The number of likely N-dealkylation sites (N-methyl/N-ethyl adjacent to an activating group) is 1. The topological polar surface area (TPSA) is 66.8 Å². The molecule has 1 aromatic carbocycles. The first-order valence-corrected chi connectivity index (χ1v) is 5.83. The van der Waals surface area contributed by atoms with Crippen LogP contribution in [0.1, 0.15) is 5.56 Å². The first-order chi connectivity index (χ1) is 8.99. The number of halogens is 1. The molecule has 1 heterocycles. The average Bonchev–Trinajstić information content (AvgIpc) is 2.36. The minimum absolute atomic E-state index is 0.133. The summed E-state index contributed by atoms with van der Waals surface area (Å²) in [7, 11) is 1.45. The van der Waals surface area contributed by atoms with E-state index in [1.165, 1.54) is 24.1 Å². The molecule has 0 aromatic heterocycles. The van der Waals surface area contributed by atoms with Gasteiger partial charge in [-0.15, -0.1) is 0 Å². The number of carboxylic acids is 1. The first-order valence-electron chi connectivity index (χ1n) is 5.83. The molecule has 6 heteroatoms. The zero-order chi connectivity index (χ0) is 14.0. The summed E-state index contributed by atoms with van der Waals surface area (Å²) in [5.74, 6) is -1.82. The van der Waals surface area contributed by atoms with Crippen molar-refractivity contribution in [3.05, 3.63) is 35.6 Å². The van der Waals surface area contributed by atoms with Gasteiger partial charge >= 0.3 is 5.97 Å². The number of aliphatic carboxylic acids is 1. The molecule has 0 saturated carbocycles. The number of carbonyl (C=O) groups is 2. The van der Waals surface area contributed by atoms with Crippen molar-refractivity contribution in [3.63, 3.8) is 0 Å². The fourth-order valence-corrected chi connectivity index (χ4v) is 2.12. The summed E-state index contributed by atoms with van der Waals surface area (Å²) in [4.78, 5) is 23.9. The van der Waals surface area contributed by atoms with Crippen LogP contribution in [-0.4, -0.2) is 47.7 Å². The summed E-state index contributed by atoms with van der Waals surface area (Å²) in [6.07, 6.45) is -0.319. The van der Waals surface area contributed by atoms with Gasteiger partial charge in [0.05, 0.1) is 6.10 Å². The molecule has 1 fully saturated rings. The number of hydrogen-bond donors (Lipinski definition) is 1. The van der Waals surface area contributed by atoms with Crippen LogP contribution >= 0.6 is 0 Å². The quantitative estimate of drug-likeness (QED) is 0.874. The highest BCUT2D eigenvalue weighted by Crippen LogP contribution is 2.18. The number of morpholine rings is 1. The van der Waals surface area contributed by atoms with E-state index >= 15 is 0 Å². The first kappa shape index (κ1) is 13.5. The van der Waals surface area contributed by atoms with Gasteiger partial charge in [-0.05, 0) is 17.7 Å². The van der Waals surface area contributed by atoms with Gasteiger partial charge in [0.1, 0.15) is 12.4 Å². The second-order valence-electron chi connectivity index (χ2n) is 4.47. The maximum atomic E-state index is 12.8. The van der Waals surface area contributed by atoms with Crippen LogP contribution in [0.3, 0.4) is 0 Å². The Labute approximate surface area is 109 Å². The number of nitrogens with zero attached hydrogens (tertiary/aromatic N) is 1. The standard InChI is InChI=1S/C13H14FNO4/c1-15-11(16)7-19-10(12(15)13(17)18)6-8-2-4-9(14)5-3-8/h2-5,10,12H,6-7H2,1H3,(H,17,18). The van der Waals surface area contributed by atoms with Crippen LogP contribution in [0.2, 0.25) is 0 Å². The second kappa shape index (κ2) is 5.36. The Morgan fingerprint density at radius 3 is 2.68 bits per heavy atom. The fraction of sp³-hybridized carbons (Fsp3) is 0.385. The van der Waals surface area contributed by atoms with E-state index in [-0.39, 0.29) is 18.3 Å². The summed E-state index contributed by atoms with van der Waals surface area (Å²) in [6.45, 7) is -0.133. The Bertz CT molecular complexity index is 488. The SMILES string of the molecule is CN1C(=O)COC(Cc2ccc(F)cc2)C1C(=O)O. The molecule has 1 aromatic rings. The van der Waals surface area contributed by atoms with Gasteiger partial charge in [0.2, 0.25) is 5.91 Å².